The minimum absolute atomic E-state index is 0.330. The first-order valence-corrected chi connectivity index (χ1v) is 7.55. The summed E-state index contributed by atoms with van der Waals surface area (Å²) in [5, 5.41) is 9.39. The van der Waals surface area contributed by atoms with E-state index in [1.807, 2.05) is 19.1 Å². The van der Waals surface area contributed by atoms with Gasteiger partial charge in [0.15, 0.2) is 0 Å². The SMILES string of the molecule is CCOC1CCN(c2ccc(Cl)cc2/C=C/C(=O)O)CC1. The monoisotopic (exact) mass is 309 g/mol. The summed E-state index contributed by atoms with van der Waals surface area (Å²) in [4.78, 5) is 13.0. The molecule has 4 nitrogen and oxygen atoms in total. The topological polar surface area (TPSA) is 49.8 Å². The maximum absolute atomic E-state index is 10.7. The van der Waals surface area contributed by atoms with Crippen LogP contribution in [0.1, 0.15) is 25.3 Å². The molecule has 1 aromatic rings. The third-order valence-electron chi connectivity index (χ3n) is 3.58. The van der Waals surface area contributed by atoms with Crippen molar-refractivity contribution in [1.82, 2.24) is 0 Å². The summed E-state index contributed by atoms with van der Waals surface area (Å²) in [6.07, 6.45) is 5.04. The zero-order valence-corrected chi connectivity index (χ0v) is 12.8. The lowest BCUT2D eigenvalue weighted by atomic mass is 10.0. The van der Waals surface area contributed by atoms with Gasteiger partial charge in [0.2, 0.25) is 0 Å². The van der Waals surface area contributed by atoms with E-state index in [4.69, 9.17) is 21.4 Å². The van der Waals surface area contributed by atoms with Crippen LogP contribution in [0.3, 0.4) is 0 Å². The zero-order chi connectivity index (χ0) is 15.2. The van der Waals surface area contributed by atoms with Crippen molar-refractivity contribution in [3.8, 4) is 0 Å². The summed E-state index contributed by atoms with van der Waals surface area (Å²) in [6.45, 7) is 4.57. The fourth-order valence-electron chi connectivity index (χ4n) is 2.61. The Labute approximate surface area is 130 Å². The number of anilines is 1. The number of ether oxygens (including phenoxy) is 1. The van der Waals surface area contributed by atoms with Gasteiger partial charge in [0.05, 0.1) is 6.10 Å². The molecule has 1 N–H and O–H groups in total. The first kappa shape index (κ1) is 15.9. The van der Waals surface area contributed by atoms with Crippen LogP contribution < -0.4 is 4.90 Å². The molecule has 114 valence electrons. The molecule has 21 heavy (non-hydrogen) atoms. The largest absolute Gasteiger partial charge is 0.478 e. The molecule has 0 aromatic heterocycles. The number of hydrogen-bond donors (Lipinski definition) is 1. The molecular weight excluding hydrogens is 290 g/mol. The van der Waals surface area contributed by atoms with Gasteiger partial charge >= 0.3 is 5.97 Å². The fraction of sp³-hybridized carbons (Fsp3) is 0.438. The number of hydrogen-bond acceptors (Lipinski definition) is 3. The zero-order valence-electron chi connectivity index (χ0n) is 12.1. The van der Waals surface area contributed by atoms with Crippen LogP contribution >= 0.6 is 11.6 Å². The second-order valence-corrected chi connectivity index (χ2v) is 5.45. The van der Waals surface area contributed by atoms with Crippen LogP contribution in [0.5, 0.6) is 0 Å². The van der Waals surface area contributed by atoms with Crippen molar-refractivity contribution >= 4 is 29.3 Å². The highest BCUT2D eigenvalue weighted by molar-refractivity contribution is 6.30. The Morgan fingerprint density at radius 1 is 1.48 bits per heavy atom. The van der Waals surface area contributed by atoms with E-state index in [0.29, 0.717) is 11.1 Å². The molecule has 0 amide bonds. The number of nitrogens with zero attached hydrogens (tertiary/aromatic N) is 1. The van der Waals surface area contributed by atoms with E-state index >= 15 is 0 Å². The molecule has 0 aliphatic carbocycles. The van der Waals surface area contributed by atoms with Crippen LogP contribution in [-0.2, 0) is 9.53 Å². The summed E-state index contributed by atoms with van der Waals surface area (Å²) < 4.78 is 5.66. The Morgan fingerprint density at radius 2 is 2.19 bits per heavy atom. The summed E-state index contributed by atoms with van der Waals surface area (Å²) in [6, 6.07) is 5.58. The van der Waals surface area contributed by atoms with Crippen molar-refractivity contribution in [3.05, 3.63) is 34.9 Å². The van der Waals surface area contributed by atoms with E-state index in [1.54, 1.807) is 12.1 Å². The second-order valence-electron chi connectivity index (χ2n) is 5.02. The maximum atomic E-state index is 10.7. The number of benzene rings is 1. The normalized spacial score (nSPS) is 16.6. The number of carboxylic acid groups (broad SMARTS) is 1. The smallest absolute Gasteiger partial charge is 0.328 e. The van der Waals surface area contributed by atoms with Crippen molar-refractivity contribution < 1.29 is 14.6 Å². The molecule has 1 fully saturated rings. The van der Waals surface area contributed by atoms with Gasteiger partial charge < -0.3 is 14.7 Å². The van der Waals surface area contributed by atoms with Gasteiger partial charge in [-0.05, 0) is 49.6 Å². The van der Waals surface area contributed by atoms with Crippen molar-refractivity contribution in [2.75, 3.05) is 24.6 Å². The molecule has 1 heterocycles. The molecule has 0 spiro atoms. The average Bonchev–Trinajstić information content (AvgIpc) is 2.46. The Morgan fingerprint density at radius 3 is 2.81 bits per heavy atom. The first-order valence-electron chi connectivity index (χ1n) is 7.17. The van der Waals surface area contributed by atoms with Gasteiger partial charge in [-0.15, -0.1) is 0 Å². The predicted molar refractivity (Wildman–Crippen MR) is 85.0 cm³/mol. The number of piperidine rings is 1. The lowest BCUT2D eigenvalue weighted by molar-refractivity contribution is -0.131. The molecule has 0 unspecified atom stereocenters. The van der Waals surface area contributed by atoms with E-state index < -0.39 is 5.97 Å². The highest BCUT2D eigenvalue weighted by Crippen LogP contribution is 2.28. The number of halogens is 1. The molecule has 0 saturated carbocycles. The highest BCUT2D eigenvalue weighted by atomic mass is 35.5. The van der Waals surface area contributed by atoms with E-state index in [0.717, 1.165) is 49.9 Å². The van der Waals surface area contributed by atoms with Crippen molar-refractivity contribution in [2.24, 2.45) is 0 Å². The average molecular weight is 310 g/mol. The lowest BCUT2D eigenvalue weighted by Crippen LogP contribution is -2.37. The fourth-order valence-corrected chi connectivity index (χ4v) is 2.79. The molecule has 0 radical (unpaired) electrons. The third-order valence-corrected chi connectivity index (χ3v) is 3.82. The van der Waals surface area contributed by atoms with Gasteiger partial charge in [0, 0.05) is 36.5 Å². The van der Waals surface area contributed by atoms with Crippen LogP contribution in [-0.4, -0.2) is 36.9 Å². The summed E-state index contributed by atoms with van der Waals surface area (Å²) >= 11 is 6.02. The molecule has 1 aliphatic heterocycles. The van der Waals surface area contributed by atoms with Crippen molar-refractivity contribution in [3.63, 3.8) is 0 Å². The van der Waals surface area contributed by atoms with E-state index in [-0.39, 0.29) is 0 Å². The number of carbonyl (C=O) groups is 1. The Bertz CT molecular complexity index is 522. The van der Waals surface area contributed by atoms with Gasteiger partial charge in [-0.2, -0.15) is 0 Å². The van der Waals surface area contributed by atoms with E-state index in [1.165, 1.54) is 0 Å². The molecule has 5 heteroatoms. The Hall–Kier alpha value is -1.52. The third kappa shape index (κ3) is 4.48. The number of aliphatic carboxylic acids is 1. The molecule has 1 aromatic carbocycles. The molecular formula is C16H20ClNO3. The molecule has 0 atom stereocenters. The Kier molecular flexibility index (Phi) is 5.65. The van der Waals surface area contributed by atoms with Gasteiger partial charge in [0.1, 0.15) is 0 Å². The summed E-state index contributed by atoms with van der Waals surface area (Å²) in [5.74, 6) is -0.962. The van der Waals surface area contributed by atoms with Crippen molar-refractivity contribution in [2.45, 2.75) is 25.9 Å². The quantitative estimate of drug-likeness (QED) is 0.846. The van der Waals surface area contributed by atoms with Crippen LogP contribution in [0.4, 0.5) is 5.69 Å². The predicted octanol–water partition coefficient (Wildman–Crippen LogP) is 3.44. The van der Waals surface area contributed by atoms with Gasteiger partial charge in [-0.3, -0.25) is 0 Å². The molecule has 0 bridgehead atoms. The van der Waals surface area contributed by atoms with E-state index in [9.17, 15) is 4.79 Å². The standard InChI is InChI=1S/C16H20ClNO3/c1-2-21-14-7-9-18(10-8-14)15-5-4-13(17)11-12(15)3-6-16(19)20/h3-6,11,14H,2,7-10H2,1H3,(H,19,20)/b6-3+. The first-order chi connectivity index (χ1) is 10.1. The van der Waals surface area contributed by atoms with Crippen LogP contribution in [0, 0.1) is 0 Å². The molecule has 2 rings (SSSR count). The number of carboxylic acids is 1. The molecule has 1 aliphatic rings. The Balaban J connectivity index is 2.14. The van der Waals surface area contributed by atoms with Gasteiger partial charge in [-0.1, -0.05) is 11.6 Å². The van der Waals surface area contributed by atoms with Crippen LogP contribution in [0.15, 0.2) is 24.3 Å². The van der Waals surface area contributed by atoms with Gasteiger partial charge in [-0.25, -0.2) is 4.79 Å². The van der Waals surface area contributed by atoms with Crippen LogP contribution in [0.25, 0.3) is 6.08 Å². The summed E-state index contributed by atoms with van der Waals surface area (Å²) in [7, 11) is 0. The van der Waals surface area contributed by atoms with E-state index in [2.05, 4.69) is 4.90 Å². The minimum Gasteiger partial charge on any atom is -0.478 e. The van der Waals surface area contributed by atoms with Gasteiger partial charge in [0.25, 0.3) is 0 Å². The molecule has 1 saturated heterocycles. The minimum atomic E-state index is -0.962. The van der Waals surface area contributed by atoms with Crippen LogP contribution in [0.2, 0.25) is 5.02 Å². The maximum Gasteiger partial charge on any atom is 0.328 e. The number of rotatable bonds is 5. The lowest BCUT2D eigenvalue weighted by Gasteiger charge is -2.34. The summed E-state index contributed by atoms with van der Waals surface area (Å²) in [5.41, 5.74) is 1.85. The second kappa shape index (κ2) is 7.48. The van der Waals surface area contributed by atoms with Crippen molar-refractivity contribution in [1.29, 1.82) is 0 Å². The highest BCUT2D eigenvalue weighted by Gasteiger charge is 2.20.